The summed E-state index contributed by atoms with van der Waals surface area (Å²) in [6.07, 6.45) is 0. The fraction of sp³-hybridized carbons (Fsp3) is 0.0909. The van der Waals surface area contributed by atoms with Crippen molar-refractivity contribution < 1.29 is 9.18 Å². The summed E-state index contributed by atoms with van der Waals surface area (Å²) in [5.74, 6) is -1.16. The van der Waals surface area contributed by atoms with E-state index in [1.54, 1.807) is 5.38 Å². The van der Waals surface area contributed by atoms with Crippen LogP contribution in [0.2, 0.25) is 0 Å². The molecule has 1 amide bonds. The minimum atomic E-state index is -0.607. The minimum Gasteiger partial charge on any atom is -0.399 e. The number of halogens is 1. The van der Waals surface area contributed by atoms with Crippen molar-refractivity contribution in [2.24, 2.45) is 0 Å². The molecule has 0 saturated carbocycles. The van der Waals surface area contributed by atoms with Crippen LogP contribution >= 0.6 is 11.3 Å². The fourth-order valence-corrected chi connectivity index (χ4v) is 1.98. The van der Waals surface area contributed by atoms with Gasteiger partial charge in [-0.15, -0.1) is 11.3 Å². The molecule has 0 aliphatic rings. The molecule has 0 bridgehead atoms. The first-order chi connectivity index (χ1) is 8.06. The molecule has 2 aromatic rings. The molecule has 0 aliphatic heterocycles. The SMILES string of the molecule is Cc1csc(NC(=O)c2cc(N)ccc2F)n1. The maximum atomic E-state index is 13.4. The Morgan fingerprint density at radius 2 is 2.29 bits per heavy atom. The summed E-state index contributed by atoms with van der Waals surface area (Å²) in [5, 5.41) is 4.76. The van der Waals surface area contributed by atoms with Gasteiger partial charge in [0.25, 0.3) is 5.91 Å². The standard InChI is InChI=1S/C11H10FN3OS/c1-6-5-17-11(14-6)15-10(16)8-4-7(13)2-3-9(8)12/h2-5H,13H2,1H3,(H,14,15,16). The molecule has 2 rings (SSSR count). The Balaban J connectivity index is 2.22. The summed E-state index contributed by atoms with van der Waals surface area (Å²) in [4.78, 5) is 15.8. The van der Waals surface area contributed by atoms with Gasteiger partial charge in [0.05, 0.1) is 11.3 Å². The number of benzene rings is 1. The van der Waals surface area contributed by atoms with Gasteiger partial charge in [-0.05, 0) is 25.1 Å². The Morgan fingerprint density at radius 1 is 1.53 bits per heavy atom. The van der Waals surface area contributed by atoms with Crippen LogP contribution < -0.4 is 11.1 Å². The third-order valence-electron chi connectivity index (χ3n) is 2.07. The number of carbonyl (C=O) groups is 1. The number of amides is 1. The Hall–Kier alpha value is -1.95. The lowest BCUT2D eigenvalue weighted by molar-refractivity contribution is 0.102. The van der Waals surface area contributed by atoms with Crippen LogP contribution in [-0.2, 0) is 0 Å². The number of anilines is 2. The summed E-state index contributed by atoms with van der Waals surface area (Å²) >= 11 is 1.29. The van der Waals surface area contributed by atoms with E-state index in [1.807, 2.05) is 6.92 Å². The van der Waals surface area contributed by atoms with Crippen LogP contribution in [-0.4, -0.2) is 10.9 Å². The smallest absolute Gasteiger partial charge is 0.260 e. The normalized spacial score (nSPS) is 10.2. The third-order valence-corrected chi connectivity index (χ3v) is 2.95. The van der Waals surface area contributed by atoms with Gasteiger partial charge in [-0.25, -0.2) is 9.37 Å². The van der Waals surface area contributed by atoms with Gasteiger partial charge >= 0.3 is 0 Å². The summed E-state index contributed by atoms with van der Waals surface area (Å²) < 4.78 is 13.4. The predicted molar refractivity (Wildman–Crippen MR) is 65.6 cm³/mol. The largest absolute Gasteiger partial charge is 0.399 e. The number of nitrogens with two attached hydrogens (primary N) is 1. The molecule has 0 saturated heterocycles. The van der Waals surface area contributed by atoms with Crippen molar-refractivity contribution in [2.75, 3.05) is 11.1 Å². The predicted octanol–water partition coefficient (Wildman–Crippen LogP) is 2.43. The van der Waals surface area contributed by atoms with Gasteiger partial charge in [0.15, 0.2) is 5.13 Å². The molecule has 3 N–H and O–H groups in total. The second kappa shape index (κ2) is 4.50. The lowest BCUT2D eigenvalue weighted by Crippen LogP contribution is -2.14. The summed E-state index contributed by atoms with van der Waals surface area (Å²) in [7, 11) is 0. The van der Waals surface area contributed by atoms with Crippen LogP contribution in [0.3, 0.4) is 0 Å². The average Bonchev–Trinajstić information content (AvgIpc) is 2.67. The molecule has 0 fully saturated rings. The van der Waals surface area contributed by atoms with E-state index in [1.165, 1.54) is 23.5 Å². The lowest BCUT2D eigenvalue weighted by Gasteiger charge is -2.04. The first kappa shape index (κ1) is 11.5. The number of nitrogens with zero attached hydrogens (tertiary/aromatic N) is 1. The van der Waals surface area contributed by atoms with E-state index in [9.17, 15) is 9.18 Å². The molecule has 4 nitrogen and oxygen atoms in total. The van der Waals surface area contributed by atoms with Gasteiger partial charge in [0.2, 0.25) is 0 Å². The first-order valence-electron chi connectivity index (χ1n) is 4.85. The molecule has 0 atom stereocenters. The molecular formula is C11H10FN3OS. The van der Waals surface area contributed by atoms with E-state index < -0.39 is 11.7 Å². The highest BCUT2D eigenvalue weighted by molar-refractivity contribution is 7.13. The summed E-state index contributed by atoms with van der Waals surface area (Å²) in [6, 6.07) is 3.86. The van der Waals surface area contributed by atoms with Crippen molar-refractivity contribution >= 4 is 28.1 Å². The zero-order valence-electron chi connectivity index (χ0n) is 9.03. The molecule has 0 unspecified atom stereocenters. The molecule has 88 valence electrons. The van der Waals surface area contributed by atoms with E-state index in [2.05, 4.69) is 10.3 Å². The number of aryl methyl sites for hydroxylation is 1. The van der Waals surface area contributed by atoms with Crippen LogP contribution in [0.1, 0.15) is 16.1 Å². The van der Waals surface area contributed by atoms with Gasteiger partial charge in [0, 0.05) is 11.1 Å². The number of carbonyl (C=O) groups excluding carboxylic acids is 1. The highest BCUT2D eigenvalue weighted by Gasteiger charge is 2.13. The van der Waals surface area contributed by atoms with Crippen LogP contribution in [0.4, 0.5) is 15.2 Å². The Kier molecular flexibility index (Phi) is 3.06. The van der Waals surface area contributed by atoms with Crippen LogP contribution in [0, 0.1) is 12.7 Å². The van der Waals surface area contributed by atoms with E-state index in [-0.39, 0.29) is 5.56 Å². The van der Waals surface area contributed by atoms with Gasteiger partial charge in [-0.3, -0.25) is 10.1 Å². The lowest BCUT2D eigenvalue weighted by atomic mass is 10.2. The number of nitrogen functional groups attached to an aromatic ring is 1. The number of hydrogen-bond donors (Lipinski definition) is 2. The number of rotatable bonds is 2. The number of hydrogen-bond acceptors (Lipinski definition) is 4. The highest BCUT2D eigenvalue weighted by Crippen LogP contribution is 2.18. The Bertz CT molecular complexity index is 568. The fourth-order valence-electron chi connectivity index (χ4n) is 1.29. The van der Waals surface area contributed by atoms with Gasteiger partial charge in [-0.2, -0.15) is 0 Å². The quantitative estimate of drug-likeness (QED) is 0.805. The Labute approximate surface area is 101 Å². The maximum absolute atomic E-state index is 13.4. The van der Waals surface area contributed by atoms with Crippen LogP contribution in [0.5, 0.6) is 0 Å². The number of aromatic nitrogens is 1. The second-order valence-corrected chi connectivity index (χ2v) is 4.35. The van der Waals surface area contributed by atoms with Gasteiger partial charge < -0.3 is 5.73 Å². The van der Waals surface area contributed by atoms with Crippen molar-refractivity contribution in [1.29, 1.82) is 0 Å². The monoisotopic (exact) mass is 251 g/mol. The Morgan fingerprint density at radius 3 is 2.94 bits per heavy atom. The van der Waals surface area contributed by atoms with Crippen molar-refractivity contribution in [3.8, 4) is 0 Å². The van der Waals surface area contributed by atoms with Gasteiger partial charge in [0.1, 0.15) is 5.82 Å². The second-order valence-electron chi connectivity index (χ2n) is 3.49. The molecule has 0 radical (unpaired) electrons. The minimum absolute atomic E-state index is 0.0853. The van der Waals surface area contributed by atoms with E-state index in [4.69, 9.17) is 5.73 Å². The number of nitrogens with one attached hydrogen (secondary N) is 1. The third kappa shape index (κ3) is 2.59. The van der Waals surface area contributed by atoms with E-state index >= 15 is 0 Å². The average molecular weight is 251 g/mol. The molecule has 1 aromatic carbocycles. The van der Waals surface area contributed by atoms with Crippen LogP contribution in [0.15, 0.2) is 23.6 Å². The summed E-state index contributed by atoms with van der Waals surface area (Å²) in [6.45, 7) is 1.81. The molecule has 0 aliphatic carbocycles. The maximum Gasteiger partial charge on any atom is 0.260 e. The highest BCUT2D eigenvalue weighted by atomic mass is 32.1. The zero-order valence-corrected chi connectivity index (χ0v) is 9.84. The molecule has 6 heteroatoms. The van der Waals surface area contributed by atoms with E-state index in [0.717, 1.165) is 11.8 Å². The molecule has 1 heterocycles. The topological polar surface area (TPSA) is 68.0 Å². The van der Waals surface area contributed by atoms with Crippen LogP contribution in [0.25, 0.3) is 0 Å². The van der Waals surface area contributed by atoms with E-state index in [0.29, 0.717) is 10.8 Å². The molecule has 17 heavy (non-hydrogen) atoms. The number of thiazole rings is 1. The van der Waals surface area contributed by atoms with Crippen molar-refractivity contribution in [1.82, 2.24) is 4.98 Å². The van der Waals surface area contributed by atoms with Crippen molar-refractivity contribution in [3.05, 3.63) is 40.7 Å². The van der Waals surface area contributed by atoms with Gasteiger partial charge in [-0.1, -0.05) is 0 Å². The van der Waals surface area contributed by atoms with Crippen molar-refractivity contribution in [2.45, 2.75) is 6.92 Å². The molecule has 0 spiro atoms. The molecular weight excluding hydrogens is 241 g/mol. The first-order valence-corrected chi connectivity index (χ1v) is 5.73. The van der Waals surface area contributed by atoms with Crippen molar-refractivity contribution in [3.63, 3.8) is 0 Å². The summed E-state index contributed by atoms with van der Waals surface area (Å²) in [5.41, 5.74) is 6.56. The molecule has 1 aromatic heterocycles. The zero-order chi connectivity index (χ0) is 12.4.